The second-order valence-corrected chi connectivity index (χ2v) is 10.0. The molecule has 1 aromatic heterocycles. The largest absolute Gasteiger partial charge is 0.416 e. The maximum absolute atomic E-state index is 13.6. The molecule has 0 bridgehead atoms. The van der Waals surface area contributed by atoms with Gasteiger partial charge in [0.1, 0.15) is 0 Å². The van der Waals surface area contributed by atoms with E-state index in [1.165, 1.54) is 22.8 Å². The first-order chi connectivity index (χ1) is 18.6. The van der Waals surface area contributed by atoms with Crippen molar-refractivity contribution in [3.8, 4) is 16.9 Å². The SMILES string of the molecule is CSc1ccc(-n2c(-c3ccc(C)cc3)cc(=O)n(CC(O)CNCc3ccc(C(F)(F)F)cc3)c2=O)cc1. The highest BCUT2D eigenvalue weighted by Crippen LogP contribution is 2.29. The third kappa shape index (κ3) is 6.89. The molecule has 1 heterocycles. The zero-order chi connectivity index (χ0) is 28.2. The number of halogens is 3. The van der Waals surface area contributed by atoms with E-state index in [1.807, 2.05) is 61.7 Å². The average molecular weight is 556 g/mol. The van der Waals surface area contributed by atoms with Gasteiger partial charge >= 0.3 is 11.9 Å². The first kappa shape index (κ1) is 28.4. The van der Waals surface area contributed by atoms with Crippen molar-refractivity contribution in [2.24, 2.45) is 0 Å². The molecule has 39 heavy (non-hydrogen) atoms. The van der Waals surface area contributed by atoms with Crippen molar-refractivity contribution in [3.63, 3.8) is 0 Å². The van der Waals surface area contributed by atoms with Crippen molar-refractivity contribution in [1.29, 1.82) is 0 Å². The summed E-state index contributed by atoms with van der Waals surface area (Å²) in [5.41, 5.74) is 1.49. The van der Waals surface area contributed by atoms with Crippen LogP contribution in [0.5, 0.6) is 0 Å². The summed E-state index contributed by atoms with van der Waals surface area (Å²) in [5, 5.41) is 13.6. The minimum Gasteiger partial charge on any atom is -0.390 e. The van der Waals surface area contributed by atoms with Crippen molar-refractivity contribution < 1.29 is 18.3 Å². The second-order valence-electron chi connectivity index (χ2n) is 9.14. The number of hydrogen-bond donors (Lipinski definition) is 2. The summed E-state index contributed by atoms with van der Waals surface area (Å²) in [6.07, 6.45) is -3.55. The number of rotatable bonds is 9. The van der Waals surface area contributed by atoms with E-state index < -0.39 is 29.1 Å². The lowest BCUT2D eigenvalue weighted by molar-refractivity contribution is -0.137. The van der Waals surface area contributed by atoms with E-state index in [4.69, 9.17) is 0 Å². The highest BCUT2D eigenvalue weighted by Gasteiger charge is 2.29. The summed E-state index contributed by atoms with van der Waals surface area (Å²) in [7, 11) is 0. The lowest BCUT2D eigenvalue weighted by atomic mass is 10.1. The van der Waals surface area contributed by atoms with Crippen LogP contribution in [0.3, 0.4) is 0 Å². The summed E-state index contributed by atoms with van der Waals surface area (Å²) in [6, 6.07) is 21.0. The molecule has 0 spiro atoms. The van der Waals surface area contributed by atoms with Gasteiger partial charge in [0.2, 0.25) is 0 Å². The van der Waals surface area contributed by atoms with Crippen molar-refractivity contribution in [2.45, 2.75) is 37.2 Å². The topological polar surface area (TPSA) is 76.3 Å². The number of hydrogen-bond acceptors (Lipinski definition) is 5. The van der Waals surface area contributed by atoms with Gasteiger partial charge in [-0.3, -0.25) is 13.9 Å². The van der Waals surface area contributed by atoms with Crippen LogP contribution in [0.15, 0.2) is 93.3 Å². The average Bonchev–Trinajstić information content (AvgIpc) is 2.91. The lowest BCUT2D eigenvalue weighted by Crippen LogP contribution is -2.43. The van der Waals surface area contributed by atoms with Gasteiger partial charge in [0.15, 0.2) is 0 Å². The number of nitrogens with one attached hydrogen (secondary N) is 1. The number of aliphatic hydroxyl groups is 1. The van der Waals surface area contributed by atoms with Gasteiger partial charge in [-0.1, -0.05) is 42.0 Å². The highest BCUT2D eigenvalue weighted by molar-refractivity contribution is 7.98. The van der Waals surface area contributed by atoms with Crippen LogP contribution >= 0.6 is 11.8 Å². The zero-order valence-electron chi connectivity index (χ0n) is 21.4. The third-order valence-electron chi connectivity index (χ3n) is 6.25. The van der Waals surface area contributed by atoms with Crippen LogP contribution in [0.25, 0.3) is 16.9 Å². The van der Waals surface area contributed by atoms with Crippen molar-refractivity contribution in [3.05, 3.63) is 116 Å². The monoisotopic (exact) mass is 555 g/mol. The first-order valence-electron chi connectivity index (χ1n) is 12.2. The Balaban J connectivity index is 1.57. The minimum absolute atomic E-state index is 0.0229. The van der Waals surface area contributed by atoms with Crippen molar-refractivity contribution in [1.82, 2.24) is 14.5 Å². The highest BCUT2D eigenvalue weighted by atomic mass is 32.2. The Morgan fingerprint density at radius 2 is 1.59 bits per heavy atom. The Kier molecular flexibility index (Phi) is 8.79. The molecule has 0 amide bonds. The molecule has 0 saturated heterocycles. The minimum atomic E-state index is -4.41. The van der Waals surface area contributed by atoms with Crippen LogP contribution in [0.1, 0.15) is 16.7 Å². The van der Waals surface area contributed by atoms with Crippen LogP contribution in [-0.2, 0) is 19.3 Å². The molecule has 0 aliphatic heterocycles. The van der Waals surface area contributed by atoms with Gasteiger partial charge in [0.05, 0.1) is 29.6 Å². The quantitative estimate of drug-likeness (QED) is 0.289. The van der Waals surface area contributed by atoms with Gasteiger partial charge in [-0.25, -0.2) is 4.79 Å². The molecule has 4 aromatic rings. The number of nitrogens with zero attached hydrogens (tertiary/aromatic N) is 2. The molecular formula is C29H28F3N3O3S. The van der Waals surface area contributed by atoms with Gasteiger partial charge in [-0.2, -0.15) is 13.2 Å². The zero-order valence-corrected chi connectivity index (χ0v) is 22.2. The Labute approximate surface area is 227 Å². The first-order valence-corrected chi connectivity index (χ1v) is 13.4. The van der Waals surface area contributed by atoms with Gasteiger partial charge < -0.3 is 10.4 Å². The molecule has 3 aromatic carbocycles. The van der Waals surface area contributed by atoms with E-state index in [0.29, 0.717) is 22.5 Å². The summed E-state index contributed by atoms with van der Waals surface area (Å²) in [6.45, 7) is 1.93. The maximum Gasteiger partial charge on any atom is 0.416 e. The van der Waals surface area contributed by atoms with Crippen molar-refractivity contribution >= 4 is 11.8 Å². The van der Waals surface area contributed by atoms with Gasteiger partial charge in [0, 0.05) is 24.1 Å². The Bertz CT molecular complexity index is 1530. The predicted molar refractivity (Wildman–Crippen MR) is 147 cm³/mol. The Morgan fingerprint density at radius 1 is 0.949 bits per heavy atom. The molecule has 0 aliphatic rings. The standard InChI is InChI=1S/C29H28F3N3O3S/c1-19-3-7-21(8-4-19)26-15-27(37)34(28(38)35(26)23-11-13-25(39-2)14-12-23)18-24(36)17-33-16-20-5-9-22(10-6-20)29(30,31)32/h3-15,24,33,36H,16-18H2,1-2H3. The molecule has 1 unspecified atom stereocenters. The van der Waals surface area contributed by atoms with E-state index in [9.17, 15) is 27.9 Å². The number of alkyl halides is 3. The van der Waals surface area contributed by atoms with Crippen LogP contribution in [0.2, 0.25) is 0 Å². The van der Waals surface area contributed by atoms with Crippen LogP contribution in [0, 0.1) is 6.92 Å². The molecule has 10 heteroatoms. The van der Waals surface area contributed by atoms with Gasteiger partial charge in [-0.15, -0.1) is 11.8 Å². The molecule has 0 saturated carbocycles. The molecule has 0 radical (unpaired) electrons. The summed E-state index contributed by atoms with van der Waals surface area (Å²) >= 11 is 1.57. The summed E-state index contributed by atoms with van der Waals surface area (Å²) in [5.74, 6) is 0. The van der Waals surface area contributed by atoms with Crippen LogP contribution in [0.4, 0.5) is 13.2 Å². The molecular weight excluding hydrogens is 527 g/mol. The summed E-state index contributed by atoms with van der Waals surface area (Å²) in [4.78, 5) is 27.7. The maximum atomic E-state index is 13.6. The predicted octanol–water partition coefficient (Wildman–Crippen LogP) is 4.87. The molecule has 0 aliphatic carbocycles. The molecule has 1 atom stereocenters. The number of aliphatic hydroxyl groups excluding tert-OH is 1. The fourth-order valence-corrected chi connectivity index (χ4v) is 4.54. The Morgan fingerprint density at radius 3 is 2.18 bits per heavy atom. The third-order valence-corrected chi connectivity index (χ3v) is 6.99. The second kappa shape index (κ2) is 12.1. The summed E-state index contributed by atoms with van der Waals surface area (Å²) < 4.78 is 40.7. The van der Waals surface area contributed by atoms with E-state index in [-0.39, 0.29) is 19.6 Å². The lowest BCUT2D eigenvalue weighted by Gasteiger charge is -2.18. The van der Waals surface area contributed by atoms with Gasteiger partial charge in [-0.05, 0) is 60.7 Å². The number of thioether (sulfide) groups is 1. The van der Waals surface area contributed by atoms with E-state index >= 15 is 0 Å². The number of benzene rings is 3. The molecule has 4 rings (SSSR count). The molecule has 2 N–H and O–H groups in total. The van der Waals surface area contributed by atoms with E-state index in [1.54, 1.807) is 11.8 Å². The van der Waals surface area contributed by atoms with E-state index in [0.717, 1.165) is 27.2 Å². The number of aryl methyl sites for hydroxylation is 1. The van der Waals surface area contributed by atoms with E-state index in [2.05, 4.69) is 5.32 Å². The molecule has 6 nitrogen and oxygen atoms in total. The fraction of sp³-hybridized carbons (Fsp3) is 0.241. The van der Waals surface area contributed by atoms with Crippen LogP contribution < -0.4 is 16.6 Å². The number of aromatic nitrogens is 2. The molecule has 204 valence electrons. The van der Waals surface area contributed by atoms with Crippen LogP contribution in [-0.4, -0.2) is 33.1 Å². The smallest absolute Gasteiger partial charge is 0.390 e. The van der Waals surface area contributed by atoms with Gasteiger partial charge in [0.25, 0.3) is 5.56 Å². The fourth-order valence-electron chi connectivity index (χ4n) is 4.13. The Hall–Kier alpha value is -3.60. The normalized spacial score (nSPS) is 12.5. The van der Waals surface area contributed by atoms with Crippen molar-refractivity contribution in [2.75, 3.05) is 12.8 Å². The molecule has 0 fully saturated rings.